The number of hydroxylamine groups is 2. The number of hydrogen-bond acceptors (Lipinski definition) is 3. The topological polar surface area (TPSA) is 21.7 Å². The van der Waals surface area contributed by atoms with Crippen molar-refractivity contribution in [3.05, 3.63) is 0 Å². The van der Waals surface area contributed by atoms with Crippen LogP contribution in [-0.2, 0) is 9.57 Å². The Balaban J connectivity index is 2.54. The lowest BCUT2D eigenvalue weighted by atomic mass is 9.80. The number of unbranched alkanes of at least 4 members (excludes halogenated alkanes) is 2. The van der Waals surface area contributed by atoms with Crippen LogP contribution in [0, 0.1) is 0 Å². The zero-order valence-electron chi connectivity index (χ0n) is 13.1. The van der Waals surface area contributed by atoms with Gasteiger partial charge in [-0.3, -0.25) is 0 Å². The second kappa shape index (κ2) is 6.36. The van der Waals surface area contributed by atoms with Gasteiger partial charge in [-0.1, -0.05) is 19.8 Å². The van der Waals surface area contributed by atoms with E-state index in [1.54, 1.807) is 7.11 Å². The van der Waals surface area contributed by atoms with Gasteiger partial charge in [-0.25, -0.2) is 0 Å². The molecular formula is C15H31NO2. The summed E-state index contributed by atoms with van der Waals surface area (Å²) in [6.45, 7) is 12.1. The first-order valence-electron chi connectivity index (χ1n) is 7.29. The molecule has 0 aromatic rings. The molecule has 1 rings (SSSR count). The molecule has 0 bridgehead atoms. The normalized spacial score (nSPS) is 24.3. The van der Waals surface area contributed by atoms with Gasteiger partial charge in [0, 0.05) is 17.7 Å². The Morgan fingerprint density at radius 2 is 1.61 bits per heavy atom. The summed E-state index contributed by atoms with van der Waals surface area (Å²) >= 11 is 0. The van der Waals surface area contributed by atoms with Crippen molar-refractivity contribution in [1.82, 2.24) is 5.06 Å². The van der Waals surface area contributed by atoms with Crippen LogP contribution in [0.3, 0.4) is 0 Å². The van der Waals surface area contributed by atoms with Gasteiger partial charge < -0.3 is 9.57 Å². The predicted octanol–water partition coefficient (Wildman–Crippen LogP) is 3.78. The maximum absolute atomic E-state index is 6.07. The Hall–Kier alpha value is -0.120. The standard InChI is InChI=1S/C15H31NO2/c1-7-8-9-10-18-13-11-14(2,3)16(17-6)15(4,5)12-13/h13H,7-12H2,1-6H3. The smallest absolute Gasteiger partial charge is 0.0611 e. The van der Waals surface area contributed by atoms with Crippen LogP contribution in [-0.4, -0.2) is 36.0 Å². The van der Waals surface area contributed by atoms with Gasteiger partial charge in [-0.2, -0.15) is 5.06 Å². The Bertz CT molecular complexity index is 233. The molecule has 1 aliphatic rings. The van der Waals surface area contributed by atoms with Gasteiger partial charge in [0.2, 0.25) is 0 Å². The fraction of sp³-hybridized carbons (Fsp3) is 1.00. The summed E-state index contributed by atoms with van der Waals surface area (Å²) in [5.41, 5.74) is 0.0673. The van der Waals surface area contributed by atoms with Crippen LogP contribution < -0.4 is 0 Å². The van der Waals surface area contributed by atoms with E-state index in [0.29, 0.717) is 6.10 Å². The van der Waals surface area contributed by atoms with Gasteiger partial charge in [0.25, 0.3) is 0 Å². The summed E-state index contributed by atoms with van der Waals surface area (Å²) < 4.78 is 6.07. The molecule has 0 unspecified atom stereocenters. The Labute approximate surface area is 113 Å². The molecule has 0 saturated carbocycles. The molecule has 18 heavy (non-hydrogen) atoms. The van der Waals surface area contributed by atoms with Gasteiger partial charge in [-0.05, 0) is 47.0 Å². The van der Waals surface area contributed by atoms with Crippen molar-refractivity contribution in [1.29, 1.82) is 0 Å². The molecule has 0 atom stereocenters. The minimum Gasteiger partial charge on any atom is -0.378 e. The zero-order valence-corrected chi connectivity index (χ0v) is 13.1. The van der Waals surface area contributed by atoms with Crippen molar-refractivity contribution < 1.29 is 9.57 Å². The Kier molecular flexibility index (Phi) is 5.63. The van der Waals surface area contributed by atoms with E-state index in [9.17, 15) is 0 Å². The first-order chi connectivity index (χ1) is 8.33. The predicted molar refractivity (Wildman–Crippen MR) is 75.5 cm³/mol. The fourth-order valence-electron chi connectivity index (χ4n) is 3.39. The highest BCUT2D eigenvalue weighted by Gasteiger charge is 2.46. The van der Waals surface area contributed by atoms with E-state index in [1.165, 1.54) is 19.3 Å². The number of ether oxygens (including phenoxy) is 1. The van der Waals surface area contributed by atoms with E-state index in [-0.39, 0.29) is 11.1 Å². The number of piperidine rings is 1. The fourth-order valence-corrected chi connectivity index (χ4v) is 3.39. The second-order valence-corrected chi connectivity index (χ2v) is 6.71. The molecule has 1 fully saturated rings. The third-order valence-corrected chi connectivity index (χ3v) is 3.84. The summed E-state index contributed by atoms with van der Waals surface area (Å²) in [5.74, 6) is 0. The highest BCUT2D eigenvalue weighted by atomic mass is 16.7. The highest BCUT2D eigenvalue weighted by molar-refractivity contribution is 4.97. The van der Waals surface area contributed by atoms with Crippen molar-refractivity contribution in [2.24, 2.45) is 0 Å². The van der Waals surface area contributed by atoms with Crippen LogP contribution in [0.1, 0.15) is 66.7 Å². The monoisotopic (exact) mass is 257 g/mol. The molecule has 0 radical (unpaired) electrons. The molecule has 0 aromatic heterocycles. The molecule has 0 spiro atoms. The summed E-state index contributed by atoms with van der Waals surface area (Å²) in [6.07, 6.45) is 6.14. The van der Waals surface area contributed by atoms with E-state index in [4.69, 9.17) is 9.57 Å². The third-order valence-electron chi connectivity index (χ3n) is 3.84. The van der Waals surface area contributed by atoms with Crippen LogP contribution in [0.4, 0.5) is 0 Å². The van der Waals surface area contributed by atoms with Gasteiger partial charge >= 0.3 is 0 Å². The van der Waals surface area contributed by atoms with Crippen LogP contribution in [0.2, 0.25) is 0 Å². The first kappa shape index (κ1) is 15.9. The molecule has 0 N–H and O–H groups in total. The quantitative estimate of drug-likeness (QED) is 0.676. The minimum atomic E-state index is 0.0337. The van der Waals surface area contributed by atoms with Crippen LogP contribution in [0.5, 0.6) is 0 Å². The number of rotatable bonds is 6. The molecule has 0 amide bonds. The van der Waals surface area contributed by atoms with Crippen LogP contribution >= 0.6 is 0 Å². The molecule has 3 heteroatoms. The molecule has 1 saturated heterocycles. The van der Waals surface area contributed by atoms with Crippen molar-refractivity contribution in [2.45, 2.75) is 83.9 Å². The number of nitrogens with zero attached hydrogens (tertiary/aromatic N) is 1. The van der Waals surface area contributed by atoms with Crippen LogP contribution in [0.15, 0.2) is 0 Å². The molecule has 1 aliphatic heterocycles. The summed E-state index contributed by atoms with van der Waals surface area (Å²) in [4.78, 5) is 5.59. The van der Waals surface area contributed by atoms with Gasteiger partial charge in [0.05, 0.1) is 13.2 Å². The zero-order chi connectivity index (χ0) is 13.8. The second-order valence-electron chi connectivity index (χ2n) is 6.71. The van der Waals surface area contributed by atoms with E-state index in [0.717, 1.165) is 19.4 Å². The maximum Gasteiger partial charge on any atom is 0.0611 e. The summed E-state index contributed by atoms with van der Waals surface area (Å²) in [5, 5.41) is 2.13. The van der Waals surface area contributed by atoms with Gasteiger partial charge in [-0.15, -0.1) is 0 Å². The Morgan fingerprint density at radius 3 is 2.06 bits per heavy atom. The first-order valence-corrected chi connectivity index (χ1v) is 7.29. The largest absolute Gasteiger partial charge is 0.378 e. The van der Waals surface area contributed by atoms with Crippen molar-refractivity contribution in [2.75, 3.05) is 13.7 Å². The molecular weight excluding hydrogens is 226 g/mol. The van der Waals surface area contributed by atoms with E-state index in [1.807, 2.05) is 0 Å². The maximum atomic E-state index is 6.07. The van der Waals surface area contributed by atoms with Gasteiger partial charge in [0.15, 0.2) is 0 Å². The average molecular weight is 257 g/mol. The highest BCUT2D eigenvalue weighted by Crippen LogP contribution is 2.39. The van der Waals surface area contributed by atoms with E-state index >= 15 is 0 Å². The van der Waals surface area contributed by atoms with Crippen molar-refractivity contribution >= 4 is 0 Å². The SMILES string of the molecule is CCCCCOC1CC(C)(C)N(OC)C(C)(C)C1. The molecule has 0 aromatic carbocycles. The van der Waals surface area contributed by atoms with Crippen molar-refractivity contribution in [3.63, 3.8) is 0 Å². The molecule has 3 nitrogen and oxygen atoms in total. The molecule has 0 aliphatic carbocycles. The summed E-state index contributed by atoms with van der Waals surface area (Å²) in [7, 11) is 1.77. The van der Waals surface area contributed by atoms with E-state index in [2.05, 4.69) is 39.7 Å². The van der Waals surface area contributed by atoms with Crippen LogP contribution in [0.25, 0.3) is 0 Å². The van der Waals surface area contributed by atoms with Crippen molar-refractivity contribution in [3.8, 4) is 0 Å². The average Bonchev–Trinajstić information content (AvgIpc) is 2.21. The number of hydrogen-bond donors (Lipinski definition) is 0. The lowest BCUT2D eigenvalue weighted by Gasteiger charge is -2.53. The van der Waals surface area contributed by atoms with Gasteiger partial charge in [0.1, 0.15) is 0 Å². The minimum absolute atomic E-state index is 0.0337. The Morgan fingerprint density at radius 1 is 1.06 bits per heavy atom. The lowest BCUT2D eigenvalue weighted by molar-refractivity contribution is -0.280. The van der Waals surface area contributed by atoms with E-state index < -0.39 is 0 Å². The lowest BCUT2D eigenvalue weighted by Crippen LogP contribution is -2.61. The summed E-state index contributed by atoms with van der Waals surface area (Å²) in [6, 6.07) is 0. The molecule has 108 valence electrons. The molecule has 1 heterocycles. The third kappa shape index (κ3) is 3.94.